The van der Waals surface area contributed by atoms with Gasteiger partial charge in [0.15, 0.2) is 0 Å². The molecule has 0 aromatic heterocycles. The third-order valence-corrected chi connectivity index (χ3v) is 4.04. The molecule has 2 nitrogen and oxygen atoms in total. The maximum absolute atomic E-state index is 13.6. The van der Waals surface area contributed by atoms with E-state index in [-0.39, 0.29) is 18.0 Å². The molecule has 92 valence electrons. The van der Waals surface area contributed by atoms with Crippen LogP contribution in [0.2, 0.25) is 0 Å². The van der Waals surface area contributed by atoms with Crippen molar-refractivity contribution in [1.82, 2.24) is 0 Å². The minimum absolute atomic E-state index is 0.142. The van der Waals surface area contributed by atoms with Crippen molar-refractivity contribution < 1.29 is 14.2 Å². The molecule has 2 saturated heterocycles. The summed E-state index contributed by atoms with van der Waals surface area (Å²) in [6, 6.07) is 5.04. The van der Waals surface area contributed by atoms with E-state index in [1.165, 1.54) is 6.07 Å². The predicted molar refractivity (Wildman–Crippen MR) is 62.2 cm³/mol. The largest absolute Gasteiger partial charge is 0.385 e. The highest BCUT2D eigenvalue weighted by Crippen LogP contribution is 2.44. The number of hydrogen-bond acceptors (Lipinski definition) is 2. The summed E-state index contributed by atoms with van der Waals surface area (Å²) >= 11 is 0. The van der Waals surface area contributed by atoms with Crippen LogP contribution in [0.15, 0.2) is 18.2 Å². The fourth-order valence-corrected chi connectivity index (χ4v) is 3.04. The van der Waals surface area contributed by atoms with Gasteiger partial charge in [-0.2, -0.15) is 0 Å². The topological polar surface area (TPSA) is 29.5 Å². The second kappa shape index (κ2) is 3.79. The Kier molecular flexibility index (Phi) is 2.49. The smallest absolute Gasteiger partial charge is 0.126 e. The second-order valence-corrected chi connectivity index (χ2v) is 5.36. The minimum atomic E-state index is -0.904. The lowest BCUT2D eigenvalue weighted by atomic mass is 9.83. The molecule has 17 heavy (non-hydrogen) atoms. The molecule has 2 bridgehead atoms. The highest BCUT2D eigenvalue weighted by atomic mass is 19.1. The first kappa shape index (κ1) is 11.2. The molecule has 2 unspecified atom stereocenters. The number of fused-ring (bicyclic) bond motifs is 2. The van der Waals surface area contributed by atoms with Crippen LogP contribution < -0.4 is 0 Å². The Bertz CT molecular complexity index is 432. The van der Waals surface area contributed by atoms with Crippen molar-refractivity contribution in [3.63, 3.8) is 0 Å². The number of ether oxygens (including phenoxy) is 1. The van der Waals surface area contributed by atoms with Gasteiger partial charge in [0.25, 0.3) is 0 Å². The molecule has 0 aliphatic carbocycles. The van der Waals surface area contributed by atoms with Crippen LogP contribution in [0.5, 0.6) is 0 Å². The molecule has 2 aliphatic heterocycles. The molecule has 0 radical (unpaired) electrons. The zero-order valence-corrected chi connectivity index (χ0v) is 9.95. The van der Waals surface area contributed by atoms with Crippen molar-refractivity contribution in [1.29, 1.82) is 0 Å². The summed E-state index contributed by atoms with van der Waals surface area (Å²) < 4.78 is 19.3. The summed E-state index contributed by atoms with van der Waals surface area (Å²) in [5.41, 5.74) is 0.409. The standard InChI is InChI=1S/C14H17FO2/c1-9-2-3-10(6-13(9)15)14(16)7-11-4-5-12(8-14)17-11/h2-3,6,11-12,16H,4-5,7-8H2,1H3. The molecule has 0 amide bonds. The van der Waals surface area contributed by atoms with Gasteiger partial charge in [0.2, 0.25) is 0 Å². The summed E-state index contributed by atoms with van der Waals surface area (Å²) in [6.45, 7) is 1.73. The average molecular weight is 236 g/mol. The van der Waals surface area contributed by atoms with Crippen molar-refractivity contribution in [2.45, 2.75) is 50.4 Å². The van der Waals surface area contributed by atoms with Crippen molar-refractivity contribution >= 4 is 0 Å². The summed E-state index contributed by atoms with van der Waals surface area (Å²) in [5, 5.41) is 10.7. The van der Waals surface area contributed by atoms with E-state index < -0.39 is 5.60 Å². The van der Waals surface area contributed by atoms with E-state index >= 15 is 0 Å². The zero-order valence-electron chi connectivity index (χ0n) is 9.95. The molecular weight excluding hydrogens is 219 g/mol. The van der Waals surface area contributed by atoms with Crippen molar-refractivity contribution in [2.24, 2.45) is 0 Å². The first-order valence-electron chi connectivity index (χ1n) is 6.21. The van der Waals surface area contributed by atoms with Gasteiger partial charge in [-0.05, 0) is 37.0 Å². The molecule has 1 N–H and O–H groups in total. The molecule has 2 atom stereocenters. The van der Waals surface area contributed by atoms with E-state index in [4.69, 9.17) is 4.74 Å². The van der Waals surface area contributed by atoms with Gasteiger partial charge < -0.3 is 9.84 Å². The van der Waals surface area contributed by atoms with Gasteiger partial charge in [-0.15, -0.1) is 0 Å². The molecule has 3 rings (SSSR count). The molecule has 0 saturated carbocycles. The van der Waals surface area contributed by atoms with Gasteiger partial charge in [0, 0.05) is 12.8 Å². The first-order valence-corrected chi connectivity index (χ1v) is 6.21. The lowest BCUT2D eigenvalue weighted by Gasteiger charge is -2.37. The number of aliphatic hydroxyl groups is 1. The van der Waals surface area contributed by atoms with Crippen molar-refractivity contribution in [3.8, 4) is 0 Å². The predicted octanol–water partition coefficient (Wildman–Crippen LogP) is 2.66. The van der Waals surface area contributed by atoms with Crippen LogP contribution in [0.3, 0.4) is 0 Å². The second-order valence-electron chi connectivity index (χ2n) is 5.36. The van der Waals surface area contributed by atoms with Crippen LogP contribution in [-0.2, 0) is 10.3 Å². The maximum Gasteiger partial charge on any atom is 0.126 e. The Morgan fingerprint density at radius 1 is 1.29 bits per heavy atom. The van der Waals surface area contributed by atoms with E-state index in [1.807, 2.05) is 6.07 Å². The third-order valence-electron chi connectivity index (χ3n) is 4.04. The molecule has 2 aliphatic rings. The lowest BCUT2D eigenvalue weighted by molar-refractivity contribution is -0.115. The van der Waals surface area contributed by atoms with E-state index in [9.17, 15) is 9.50 Å². The van der Waals surface area contributed by atoms with Gasteiger partial charge in [-0.1, -0.05) is 12.1 Å². The Hall–Kier alpha value is -0.930. The SMILES string of the molecule is Cc1ccc(C2(O)CC3CCC(C2)O3)cc1F. The van der Waals surface area contributed by atoms with Gasteiger partial charge in [0.1, 0.15) is 5.82 Å². The third kappa shape index (κ3) is 1.87. The zero-order chi connectivity index (χ0) is 12.0. The van der Waals surface area contributed by atoms with Crippen LogP contribution in [-0.4, -0.2) is 17.3 Å². The normalized spacial score (nSPS) is 36.2. The van der Waals surface area contributed by atoms with Gasteiger partial charge in [-0.25, -0.2) is 4.39 Å². The highest BCUT2D eigenvalue weighted by Gasteiger charge is 2.44. The maximum atomic E-state index is 13.6. The number of benzene rings is 1. The molecule has 0 spiro atoms. The summed E-state index contributed by atoms with van der Waals surface area (Å²) in [7, 11) is 0. The number of halogens is 1. The Balaban J connectivity index is 1.94. The number of rotatable bonds is 1. The van der Waals surface area contributed by atoms with E-state index in [0.717, 1.165) is 12.8 Å². The first-order chi connectivity index (χ1) is 8.07. The van der Waals surface area contributed by atoms with Gasteiger partial charge in [-0.3, -0.25) is 0 Å². The quantitative estimate of drug-likeness (QED) is 0.812. The van der Waals surface area contributed by atoms with Gasteiger partial charge >= 0.3 is 0 Å². The Morgan fingerprint density at radius 2 is 1.94 bits per heavy atom. The van der Waals surface area contributed by atoms with Crippen LogP contribution in [0, 0.1) is 12.7 Å². The minimum Gasteiger partial charge on any atom is -0.385 e. The molecule has 3 heteroatoms. The Morgan fingerprint density at radius 3 is 2.53 bits per heavy atom. The van der Waals surface area contributed by atoms with Crippen LogP contribution >= 0.6 is 0 Å². The molecule has 1 aromatic carbocycles. The summed E-state index contributed by atoms with van der Waals surface area (Å²) in [4.78, 5) is 0. The van der Waals surface area contributed by atoms with E-state index in [2.05, 4.69) is 0 Å². The summed E-state index contributed by atoms with van der Waals surface area (Å²) in [5.74, 6) is -0.241. The summed E-state index contributed by atoms with van der Waals surface area (Å²) in [6.07, 6.45) is 3.49. The number of hydrogen-bond donors (Lipinski definition) is 1. The monoisotopic (exact) mass is 236 g/mol. The number of aryl methyl sites for hydroxylation is 1. The average Bonchev–Trinajstić information content (AvgIpc) is 2.62. The molecular formula is C14H17FO2. The highest BCUT2D eigenvalue weighted by molar-refractivity contribution is 5.29. The fourth-order valence-electron chi connectivity index (χ4n) is 3.04. The van der Waals surface area contributed by atoms with Gasteiger partial charge in [0.05, 0.1) is 17.8 Å². The Labute approximate surface area is 100 Å². The van der Waals surface area contributed by atoms with Crippen LogP contribution in [0.1, 0.15) is 36.8 Å². The molecule has 1 aromatic rings. The van der Waals surface area contributed by atoms with E-state index in [0.29, 0.717) is 24.0 Å². The van der Waals surface area contributed by atoms with Crippen molar-refractivity contribution in [3.05, 3.63) is 35.1 Å². The van der Waals surface area contributed by atoms with Crippen LogP contribution in [0.25, 0.3) is 0 Å². The molecule has 2 fully saturated rings. The fraction of sp³-hybridized carbons (Fsp3) is 0.571. The lowest BCUT2D eigenvalue weighted by Crippen LogP contribution is -2.38. The molecule has 2 heterocycles. The van der Waals surface area contributed by atoms with Crippen molar-refractivity contribution in [2.75, 3.05) is 0 Å². The van der Waals surface area contributed by atoms with Crippen LogP contribution in [0.4, 0.5) is 4.39 Å². The van der Waals surface area contributed by atoms with E-state index in [1.54, 1.807) is 13.0 Å².